The largest absolute Gasteiger partial charge is 0.384 e. The van der Waals surface area contributed by atoms with E-state index in [4.69, 9.17) is 4.74 Å². The van der Waals surface area contributed by atoms with Gasteiger partial charge >= 0.3 is 0 Å². The zero-order valence-electron chi connectivity index (χ0n) is 11.2. The van der Waals surface area contributed by atoms with Gasteiger partial charge < -0.3 is 15.4 Å². The molecule has 0 spiro atoms. The van der Waals surface area contributed by atoms with E-state index in [0.29, 0.717) is 13.2 Å². The molecule has 5 nitrogen and oxygen atoms in total. The Morgan fingerprint density at radius 2 is 2.37 bits per heavy atom. The maximum Gasteiger partial charge on any atom is 0.234 e. The first-order valence-electron chi connectivity index (χ1n) is 6.09. The van der Waals surface area contributed by atoms with Gasteiger partial charge in [0.25, 0.3) is 0 Å². The maximum absolute atomic E-state index is 12.4. The lowest BCUT2D eigenvalue weighted by Gasteiger charge is -2.25. The molecule has 1 aromatic rings. The fourth-order valence-electron chi connectivity index (χ4n) is 2.29. The van der Waals surface area contributed by atoms with E-state index in [-0.39, 0.29) is 18.3 Å². The zero-order valence-corrected chi connectivity index (χ0v) is 12.0. The summed E-state index contributed by atoms with van der Waals surface area (Å²) in [6.45, 7) is 3.89. The predicted octanol–water partition coefficient (Wildman–Crippen LogP) is 1.38. The molecule has 6 heteroatoms. The fourth-order valence-corrected chi connectivity index (χ4v) is 2.29. The van der Waals surface area contributed by atoms with Crippen LogP contribution in [0.25, 0.3) is 0 Å². The number of hydrogen-bond acceptors (Lipinski definition) is 4. The number of halogens is 1. The number of anilines is 1. The molecule has 0 radical (unpaired) electrons. The van der Waals surface area contributed by atoms with Crippen LogP contribution in [-0.4, -0.2) is 37.7 Å². The quantitative estimate of drug-likeness (QED) is 0.877. The van der Waals surface area contributed by atoms with Gasteiger partial charge in [-0.25, -0.2) is 0 Å². The van der Waals surface area contributed by atoms with Gasteiger partial charge in [0.2, 0.25) is 5.91 Å². The van der Waals surface area contributed by atoms with E-state index in [2.05, 4.69) is 15.6 Å². The highest BCUT2D eigenvalue weighted by Crippen LogP contribution is 2.27. The highest BCUT2D eigenvalue weighted by molar-refractivity contribution is 5.95. The Hall–Kier alpha value is -1.17. The third-order valence-corrected chi connectivity index (χ3v) is 3.28. The molecule has 1 aromatic heterocycles. The number of nitrogens with zero attached hydrogens (tertiary/aromatic N) is 1. The number of pyridine rings is 1. The molecule has 1 aliphatic heterocycles. The first-order chi connectivity index (χ1) is 8.66. The summed E-state index contributed by atoms with van der Waals surface area (Å²) in [5, 5.41) is 6.15. The third kappa shape index (κ3) is 3.65. The van der Waals surface area contributed by atoms with Crippen molar-refractivity contribution >= 4 is 24.0 Å². The average molecular weight is 286 g/mol. The van der Waals surface area contributed by atoms with Crippen LogP contribution in [0.1, 0.15) is 12.0 Å². The van der Waals surface area contributed by atoms with Crippen LogP contribution in [0.4, 0.5) is 5.69 Å². The van der Waals surface area contributed by atoms with Gasteiger partial charge in [-0.15, -0.1) is 12.4 Å². The lowest BCUT2D eigenvalue weighted by atomic mass is 9.87. The summed E-state index contributed by atoms with van der Waals surface area (Å²) in [5.74, 6) is 0.00162. The first-order valence-corrected chi connectivity index (χ1v) is 6.09. The standard InChI is InChI=1S/C13H19N3O2.ClH/c1-10-5-11(7-15-6-10)16-12(17)13(9-18-2)3-4-14-8-13;/h5-7,14H,3-4,8-9H2,1-2H3,(H,16,17);1H. The second-order valence-corrected chi connectivity index (χ2v) is 4.85. The summed E-state index contributed by atoms with van der Waals surface area (Å²) in [4.78, 5) is 16.5. The van der Waals surface area contributed by atoms with E-state index in [1.807, 2.05) is 13.0 Å². The second kappa shape index (κ2) is 6.84. The van der Waals surface area contributed by atoms with Crippen LogP contribution in [0.15, 0.2) is 18.5 Å². The molecule has 0 aromatic carbocycles. The maximum atomic E-state index is 12.4. The topological polar surface area (TPSA) is 63.2 Å². The Morgan fingerprint density at radius 1 is 1.58 bits per heavy atom. The predicted molar refractivity (Wildman–Crippen MR) is 76.6 cm³/mol. The normalized spacial score (nSPS) is 21.8. The van der Waals surface area contributed by atoms with E-state index in [1.54, 1.807) is 19.5 Å². The number of carbonyl (C=O) groups is 1. The van der Waals surface area contributed by atoms with E-state index < -0.39 is 5.41 Å². The molecule has 1 saturated heterocycles. The summed E-state index contributed by atoms with van der Waals surface area (Å²) in [6, 6.07) is 1.91. The van der Waals surface area contributed by atoms with Crippen molar-refractivity contribution in [3.8, 4) is 0 Å². The summed E-state index contributed by atoms with van der Waals surface area (Å²) < 4.78 is 5.20. The molecule has 19 heavy (non-hydrogen) atoms. The number of ether oxygens (including phenoxy) is 1. The number of amides is 1. The Labute approximate surface area is 119 Å². The van der Waals surface area contributed by atoms with Crippen molar-refractivity contribution in [1.29, 1.82) is 0 Å². The monoisotopic (exact) mass is 285 g/mol. The second-order valence-electron chi connectivity index (χ2n) is 4.85. The smallest absolute Gasteiger partial charge is 0.234 e. The SMILES string of the molecule is COCC1(C(=O)Nc2cncc(C)c2)CCNC1.Cl. The number of rotatable bonds is 4. The van der Waals surface area contributed by atoms with Crippen molar-refractivity contribution in [3.05, 3.63) is 24.0 Å². The van der Waals surface area contributed by atoms with E-state index in [9.17, 15) is 4.79 Å². The highest BCUT2D eigenvalue weighted by Gasteiger charge is 2.41. The van der Waals surface area contributed by atoms with Gasteiger partial charge in [0.05, 0.1) is 23.9 Å². The van der Waals surface area contributed by atoms with Crippen molar-refractivity contribution < 1.29 is 9.53 Å². The van der Waals surface area contributed by atoms with Gasteiger partial charge in [-0.1, -0.05) is 0 Å². The highest BCUT2D eigenvalue weighted by atomic mass is 35.5. The Bertz CT molecular complexity index is 434. The number of nitrogens with one attached hydrogen (secondary N) is 2. The lowest BCUT2D eigenvalue weighted by molar-refractivity contribution is -0.127. The minimum atomic E-state index is -0.460. The van der Waals surface area contributed by atoms with E-state index in [0.717, 1.165) is 24.2 Å². The zero-order chi connectivity index (χ0) is 13.0. The molecule has 1 amide bonds. The molecule has 1 aliphatic rings. The molecule has 0 aliphatic carbocycles. The molecule has 1 fully saturated rings. The number of aromatic nitrogens is 1. The number of aryl methyl sites for hydroxylation is 1. The van der Waals surface area contributed by atoms with Crippen molar-refractivity contribution in [1.82, 2.24) is 10.3 Å². The molecule has 0 saturated carbocycles. The number of carbonyl (C=O) groups excluding carboxylic acids is 1. The molecule has 1 unspecified atom stereocenters. The average Bonchev–Trinajstić information content (AvgIpc) is 2.79. The van der Waals surface area contributed by atoms with Gasteiger partial charge in [-0.3, -0.25) is 9.78 Å². The Kier molecular flexibility index (Phi) is 5.72. The molecular weight excluding hydrogens is 266 g/mol. The van der Waals surface area contributed by atoms with Crippen LogP contribution in [0.5, 0.6) is 0 Å². The molecule has 2 heterocycles. The van der Waals surface area contributed by atoms with Crippen LogP contribution in [-0.2, 0) is 9.53 Å². The van der Waals surface area contributed by atoms with Crippen molar-refractivity contribution in [2.75, 3.05) is 32.1 Å². The van der Waals surface area contributed by atoms with Crippen LogP contribution >= 0.6 is 12.4 Å². The van der Waals surface area contributed by atoms with Gasteiger partial charge in [-0.2, -0.15) is 0 Å². The Balaban J connectivity index is 0.00000180. The number of hydrogen-bond donors (Lipinski definition) is 2. The van der Waals surface area contributed by atoms with Crippen molar-refractivity contribution in [2.24, 2.45) is 5.41 Å². The van der Waals surface area contributed by atoms with Crippen molar-refractivity contribution in [2.45, 2.75) is 13.3 Å². The Morgan fingerprint density at radius 3 is 2.95 bits per heavy atom. The summed E-state index contributed by atoms with van der Waals surface area (Å²) in [6.07, 6.45) is 4.22. The molecule has 2 N–H and O–H groups in total. The summed E-state index contributed by atoms with van der Waals surface area (Å²) in [7, 11) is 1.63. The van der Waals surface area contributed by atoms with Gasteiger partial charge in [0, 0.05) is 19.9 Å². The molecule has 2 rings (SSSR count). The summed E-state index contributed by atoms with van der Waals surface area (Å²) in [5.41, 5.74) is 1.30. The van der Waals surface area contributed by atoms with Crippen LogP contribution in [0.3, 0.4) is 0 Å². The fraction of sp³-hybridized carbons (Fsp3) is 0.538. The van der Waals surface area contributed by atoms with Crippen LogP contribution < -0.4 is 10.6 Å². The van der Waals surface area contributed by atoms with Crippen LogP contribution in [0, 0.1) is 12.3 Å². The minimum absolute atomic E-state index is 0. The molecular formula is C13H20ClN3O2. The lowest BCUT2D eigenvalue weighted by Crippen LogP contribution is -2.41. The van der Waals surface area contributed by atoms with Crippen molar-refractivity contribution in [3.63, 3.8) is 0 Å². The van der Waals surface area contributed by atoms with E-state index in [1.165, 1.54) is 0 Å². The molecule has 106 valence electrons. The van der Waals surface area contributed by atoms with E-state index >= 15 is 0 Å². The molecule has 1 atom stereocenters. The first kappa shape index (κ1) is 15.9. The van der Waals surface area contributed by atoms with Gasteiger partial charge in [0.15, 0.2) is 0 Å². The number of methoxy groups -OCH3 is 1. The minimum Gasteiger partial charge on any atom is -0.384 e. The van der Waals surface area contributed by atoms with Gasteiger partial charge in [0.1, 0.15) is 0 Å². The molecule has 0 bridgehead atoms. The van der Waals surface area contributed by atoms with Crippen LogP contribution in [0.2, 0.25) is 0 Å². The third-order valence-electron chi connectivity index (χ3n) is 3.28. The van der Waals surface area contributed by atoms with Gasteiger partial charge in [-0.05, 0) is 31.5 Å². The summed E-state index contributed by atoms with van der Waals surface area (Å²) >= 11 is 0.